The maximum atomic E-state index is 10.6. The highest BCUT2D eigenvalue weighted by Gasteiger charge is 1.96. The van der Waals surface area contributed by atoms with Crippen LogP contribution >= 0.6 is 0 Å². The topological polar surface area (TPSA) is 124 Å². The average molecular weight is 249 g/mol. The SMILES string of the molecule is CC(=O)Oc1ccc(C=CC(=O)O)cc1.[N-]=[N+]=N. The monoisotopic (exact) mass is 249 g/mol. The van der Waals surface area contributed by atoms with Crippen LogP contribution in [-0.2, 0) is 9.59 Å². The van der Waals surface area contributed by atoms with Gasteiger partial charge in [-0.15, -0.1) is 5.53 Å². The molecule has 0 saturated heterocycles. The van der Waals surface area contributed by atoms with Crippen molar-refractivity contribution in [2.24, 2.45) is 0 Å². The minimum absolute atomic E-state index is 0.385. The Morgan fingerprint density at radius 1 is 1.39 bits per heavy atom. The molecular formula is C11H11N3O4. The molecule has 94 valence electrons. The maximum absolute atomic E-state index is 10.6. The number of nitrogens with zero attached hydrogens (tertiary/aromatic N) is 2. The molecule has 0 saturated carbocycles. The van der Waals surface area contributed by atoms with Gasteiger partial charge in [0.15, 0.2) is 0 Å². The van der Waals surface area contributed by atoms with Gasteiger partial charge in [0, 0.05) is 13.0 Å². The van der Waals surface area contributed by atoms with Crippen molar-refractivity contribution in [3.8, 4) is 5.75 Å². The molecule has 1 rings (SSSR count). The van der Waals surface area contributed by atoms with E-state index in [1.807, 2.05) is 0 Å². The number of nitrogens with one attached hydrogen (secondary N) is 1. The number of benzene rings is 1. The zero-order valence-corrected chi connectivity index (χ0v) is 9.53. The van der Waals surface area contributed by atoms with Crippen molar-refractivity contribution >= 4 is 18.0 Å². The van der Waals surface area contributed by atoms with Gasteiger partial charge in [0.25, 0.3) is 0 Å². The number of carboxylic acid groups (broad SMARTS) is 1. The van der Waals surface area contributed by atoms with Crippen LogP contribution in [0.25, 0.3) is 16.5 Å². The van der Waals surface area contributed by atoms with Crippen LogP contribution < -0.4 is 4.74 Å². The predicted molar refractivity (Wildman–Crippen MR) is 63.9 cm³/mol. The minimum atomic E-state index is -1.00. The third-order valence-corrected chi connectivity index (χ3v) is 1.56. The Kier molecular flexibility index (Phi) is 7.07. The molecule has 1 aromatic rings. The summed E-state index contributed by atoms with van der Waals surface area (Å²) in [6.07, 6.45) is 2.50. The first-order valence-electron chi connectivity index (χ1n) is 4.70. The van der Waals surface area contributed by atoms with Crippen LogP contribution in [0.5, 0.6) is 5.75 Å². The summed E-state index contributed by atoms with van der Waals surface area (Å²) in [7, 11) is 0. The lowest BCUT2D eigenvalue weighted by molar-refractivity contribution is -0.132. The molecule has 18 heavy (non-hydrogen) atoms. The van der Waals surface area contributed by atoms with Crippen LogP contribution in [0.15, 0.2) is 30.3 Å². The van der Waals surface area contributed by atoms with Gasteiger partial charge in [-0.2, -0.15) is 0 Å². The number of carbonyl (C=O) groups is 2. The zero-order valence-electron chi connectivity index (χ0n) is 9.53. The predicted octanol–water partition coefficient (Wildman–Crippen LogP) is 2.59. The first-order chi connectivity index (χ1) is 8.49. The average Bonchev–Trinajstić information content (AvgIpc) is 2.28. The van der Waals surface area contributed by atoms with Crippen LogP contribution in [0.2, 0.25) is 0 Å². The lowest BCUT2D eigenvalue weighted by Gasteiger charge is -2.00. The van der Waals surface area contributed by atoms with Gasteiger partial charge in [-0.1, -0.05) is 12.1 Å². The molecule has 7 nitrogen and oxygen atoms in total. The van der Waals surface area contributed by atoms with E-state index in [2.05, 4.69) is 0 Å². The van der Waals surface area contributed by atoms with E-state index in [0.29, 0.717) is 5.75 Å². The molecule has 0 aromatic heterocycles. The first kappa shape index (κ1) is 15.2. The Morgan fingerprint density at radius 2 is 1.89 bits per heavy atom. The molecule has 0 heterocycles. The largest absolute Gasteiger partial charge is 0.478 e. The first-order valence-corrected chi connectivity index (χ1v) is 4.70. The molecule has 1 aromatic carbocycles. The summed E-state index contributed by atoms with van der Waals surface area (Å²) in [5.74, 6) is -0.946. The maximum Gasteiger partial charge on any atom is 0.328 e. The molecule has 0 aliphatic heterocycles. The Labute approximate surface area is 103 Å². The molecule has 0 amide bonds. The third kappa shape index (κ3) is 7.49. The minimum Gasteiger partial charge on any atom is -0.478 e. The summed E-state index contributed by atoms with van der Waals surface area (Å²) < 4.78 is 4.82. The van der Waals surface area contributed by atoms with Crippen molar-refractivity contribution in [1.29, 1.82) is 5.53 Å². The molecule has 0 spiro atoms. The van der Waals surface area contributed by atoms with E-state index >= 15 is 0 Å². The Bertz CT molecular complexity index is 474. The van der Waals surface area contributed by atoms with Crippen LogP contribution in [0, 0.1) is 5.53 Å². The quantitative estimate of drug-likeness (QED) is 0.213. The van der Waals surface area contributed by atoms with Crippen LogP contribution in [-0.4, -0.2) is 17.0 Å². The van der Waals surface area contributed by atoms with Crippen molar-refractivity contribution in [1.82, 2.24) is 0 Å². The molecule has 0 aliphatic carbocycles. The smallest absolute Gasteiger partial charge is 0.328 e. The summed E-state index contributed by atoms with van der Waals surface area (Å²) in [6, 6.07) is 6.53. The highest BCUT2D eigenvalue weighted by atomic mass is 16.5. The van der Waals surface area contributed by atoms with Crippen LogP contribution in [0.4, 0.5) is 0 Å². The zero-order chi connectivity index (χ0) is 14.0. The van der Waals surface area contributed by atoms with E-state index in [9.17, 15) is 9.59 Å². The second-order valence-corrected chi connectivity index (χ2v) is 2.93. The molecule has 7 heteroatoms. The number of esters is 1. The fourth-order valence-electron chi connectivity index (χ4n) is 0.980. The van der Waals surface area contributed by atoms with E-state index in [1.165, 1.54) is 13.0 Å². The normalized spacial score (nSPS) is 8.94. The second kappa shape index (κ2) is 8.37. The van der Waals surface area contributed by atoms with E-state index in [1.54, 1.807) is 29.2 Å². The van der Waals surface area contributed by atoms with Gasteiger partial charge in [0.05, 0.1) is 0 Å². The van der Waals surface area contributed by atoms with Crippen molar-refractivity contribution < 1.29 is 19.4 Å². The number of hydrogen-bond acceptors (Lipinski definition) is 4. The highest BCUT2D eigenvalue weighted by Crippen LogP contribution is 2.13. The number of carboxylic acids is 1. The Morgan fingerprint density at radius 3 is 2.28 bits per heavy atom. The van der Waals surface area contributed by atoms with Crippen molar-refractivity contribution in [3.63, 3.8) is 0 Å². The summed E-state index contributed by atoms with van der Waals surface area (Å²) in [5, 5.41) is 8.39. The number of hydrogen-bond donors (Lipinski definition) is 2. The van der Waals surface area contributed by atoms with E-state index < -0.39 is 5.97 Å². The van der Waals surface area contributed by atoms with Gasteiger partial charge in [0.2, 0.25) is 0 Å². The fourth-order valence-corrected chi connectivity index (χ4v) is 0.980. The van der Waals surface area contributed by atoms with Crippen molar-refractivity contribution in [2.45, 2.75) is 6.92 Å². The number of carbonyl (C=O) groups excluding carboxylic acids is 1. The second-order valence-electron chi connectivity index (χ2n) is 2.93. The Hall–Kier alpha value is -2.79. The Balaban J connectivity index is 0.000000873. The summed E-state index contributed by atoms with van der Waals surface area (Å²) >= 11 is 0. The standard InChI is InChI=1S/C11H10O4.HN3/c1-8(12)15-10-5-2-9(3-6-10)4-7-11(13)14;1-3-2/h2-7H,1H3,(H,13,14);1H. The van der Waals surface area contributed by atoms with Gasteiger partial charge in [-0.25, -0.2) is 4.79 Å². The molecule has 0 unspecified atom stereocenters. The summed E-state index contributed by atoms with van der Waals surface area (Å²) in [5.41, 5.74) is 13.0. The van der Waals surface area contributed by atoms with Crippen molar-refractivity contribution in [2.75, 3.05) is 0 Å². The molecule has 0 fully saturated rings. The van der Waals surface area contributed by atoms with E-state index in [0.717, 1.165) is 11.6 Å². The number of ether oxygens (including phenoxy) is 1. The van der Waals surface area contributed by atoms with E-state index in [-0.39, 0.29) is 5.97 Å². The molecule has 0 bridgehead atoms. The number of rotatable bonds is 3. The molecular weight excluding hydrogens is 238 g/mol. The lowest BCUT2D eigenvalue weighted by atomic mass is 10.2. The van der Waals surface area contributed by atoms with Gasteiger partial charge in [-0.05, 0) is 34.2 Å². The van der Waals surface area contributed by atoms with Gasteiger partial charge in [0.1, 0.15) is 5.75 Å². The highest BCUT2D eigenvalue weighted by molar-refractivity contribution is 5.85. The third-order valence-electron chi connectivity index (χ3n) is 1.56. The van der Waals surface area contributed by atoms with E-state index in [4.69, 9.17) is 20.9 Å². The van der Waals surface area contributed by atoms with Gasteiger partial charge in [-0.3, -0.25) is 4.79 Å². The number of aliphatic carboxylic acids is 1. The van der Waals surface area contributed by atoms with Crippen LogP contribution in [0.3, 0.4) is 0 Å². The summed E-state index contributed by atoms with van der Waals surface area (Å²) in [4.78, 5) is 22.6. The fraction of sp³-hybridized carbons (Fsp3) is 0.0909. The molecule has 0 radical (unpaired) electrons. The molecule has 0 atom stereocenters. The van der Waals surface area contributed by atoms with Gasteiger partial charge < -0.3 is 9.84 Å². The van der Waals surface area contributed by atoms with Crippen molar-refractivity contribution in [3.05, 3.63) is 46.3 Å². The van der Waals surface area contributed by atoms with Gasteiger partial charge >= 0.3 is 11.9 Å². The van der Waals surface area contributed by atoms with Crippen LogP contribution in [0.1, 0.15) is 12.5 Å². The molecule has 0 aliphatic rings. The lowest BCUT2D eigenvalue weighted by Crippen LogP contribution is -2.00. The molecule has 2 N–H and O–H groups in total. The summed E-state index contributed by atoms with van der Waals surface area (Å²) in [6.45, 7) is 1.32.